The predicted molar refractivity (Wildman–Crippen MR) is 155 cm³/mol. The van der Waals surface area contributed by atoms with Gasteiger partial charge in [-0.2, -0.15) is 5.10 Å². The molecule has 5 rings (SSSR count). The second-order valence-corrected chi connectivity index (χ2v) is 10.2. The van der Waals surface area contributed by atoms with E-state index in [2.05, 4.69) is 15.3 Å². The van der Waals surface area contributed by atoms with Crippen molar-refractivity contribution in [3.63, 3.8) is 0 Å². The summed E-state index contributed by atoms with van der Waals surface area (Å²) in [6.07, 6.45) is 0.213. The highest BCUT2D eigenvalue weighted by molar-refractivity contribution is 6.31. The minimum atomic E-state index is -0.315. The van der Waals surface area contributed by atoms with E-state index in [1.54, 1.807) is 38.2 Å². The van der Waals surface area contributed by atoms with Crippen LogP contribution in [-0.2, 0) is 18.3 Å². The summed E-state index contributed by atoms with van der Waals surface area (Å²) in [6, 6.07) is 16.3. The highest BCUT2D eigenvalue weighted by Crippen LogP contribution is 2.33. The Hall–Kier alpha value is -3.79. The number of morpholine rings is 1. The fourth-order valence-electron chi connectivity index (χ4n) is 5.15. The van der Waals surface area contributed by atoms with Gasteiger partial charge >= 0.3 is 0 Å². The van der Waals surface area contributed by atoms with Crippen LogP contribution in [0.4, 0.5) is 0 Å². The molecule has 1 N–H and O–H groups in total. The Bertz CT molecular complexity index is 1610. The van der Waals surface area contributed by atoms with Crippen molar-refractivity contribution >= 4 is 34.1 Å². The van der Waals surface area contributed by atoms with Crippen LogP contribution in [0.15, 0.2) is 59.4 Å². The van der Waals surface area contributed by atoms with Crippen molar-refractivity contribution in [1.29, 1.82) is 0 Å². The molecule has 0 aliphatic carbocycles. The summed E-state index contributed by atoms with van der Waals surface area (Å²) >= 11 is 6.34. The van der Waals surface area contributed by atoms with Crippen LogP contribution in [0.1, 0.15) is 40.0 Å². The van der Waals surface area contributed by atoms with Gasteiger partial charge in [-0.15, -0.1) is 0 Å². The lowest BCUT2D eigenvalue weighted by Gasteiger charge is -2.26. The van der Waals surface area contributed by atoms with Gasteiger partial charge in [0.05, 0.1) is 31.1 Å². The molecule has 0 radical (unpaired) electrons. The molecule has 4 aromatic rings. The van der Waals surface area contributed by atoms with Crippen LogP contribution in [0.2, 0.25) is 5.02 Å². The molecule has 0 atom stereocenters. The molecule has 40 heavy (non-hydrogen) atoms. The first kappa shape index (κ1) is 27.8. The van der Waals surface area contributed by atoms with Crippen LogP contribution in [-0.4, -0.2) is 70.3 Å². The maximum absolute atomic E-state index is 13.8. The number of halogens is 1. The summed E-state index contributed by atoms with van der Waals surface area (Å²) in [5.41, 5.74) is 2.33. The number of carbonyl (C=O) groups excluding carboxylic acids is 2. The summed E-state index contributed by atoms with van der Waals surface area (Å²) in [5, 5.41) is 9.04. The van der Waals surface area contributed by atoms with Crippen molar-refractivity contribution in [2.45, 2.75) is 19.9 Å². The number of carbonyl (C=O) groups is 2. The smallest absolute Gasteiger partial charge is 0.269 e. The Balaban J connectivity index is 1.51. The lowest BCUT2D eigenvalue weighted by molar-refractivity contribution is 0.0383. The fourth-order valence-corrected chi connectivity index (χ4v) is 5.32. The van der Waals surface area contributed by atoms with E-state index in [-0.39, 0.29) is 30.2 Å². The van der Waals surface area contributed by atoms with Gasteiger partial charge in [-0.05, 0) is 35.2 Å². The quantitative estimate of drug-likeness (QED) is 0.313. The van der Waals surface area contributed by atoms with E-state index in [0.29, 0.717) is 58.2 Å². The summed E-state index contributed by atoms with van der Waals surface area (Å²) in [6.45, 7) is 6.15. The number of ketones is 1. The van der Waals surface area contributed by atoms with E-state index in [1.165, 1.54) is 9.25 Å². The molecule has 9 nitrogen and oxygen atoms in total. The Morgan fingerprint density at radius 1 is 1.05 bits per heavy atom. The predicted octanol–water partition coefficient (Wildman–Crippen LogP) is 3.76. The van der Waals surface area contributed by atoms with E-state index >= 15 is 0 Å². The maximum Gasteiger partial charge on any atom is 0.269 e. The van der Waals surface area contributed by atoms with E-state index < -0.39 is 0 Å². The molecule has 208 valence electrons. The van der Waals surface area contributed by atoms with Crippen LogP contribution in [0.5, 0.6) is 0 Å². The number of aromatic nitrogens is 3. The molecule has 1 fully saturated rings. The van der Waals surface area contributed by atoms with Gasteiger partial charge in [0, 0.05) is 55.6 Å². The number of Topliss-reactive ketones (excluding diaryl/α,β-unsaturated/α-hetero) is 1. The summed E-state index contributed by atoms with van der Waals surface area (Å²) < 4.78 is 8.36. The number of pyridine rings is 1. The molecule has 0 bridgehead atoms. The van der Waals surface area contributed by atoms with Gasteiger partial charge in [-0.1, -0.05) is 48.9 Å². The van der Waals surface area contributed by atoms with Crippen LogP contribution in [0.3, 0.4) is 0 Å². The van der Waals surface area contributed by atoms with Gasteiger partial charge < -0.3 is 10.1 Å². The van der Waals surface area contributed by atoms with E-state index in [4.69, 9.17) is 16.3 Å². The first-order valence-electron chi connectivity index (χ1n) is 13.4. The van der Waals surface area contributed by atoms with E-state index in [1.807, 2.05) is 30.3 Å². The number of hydrogen-bond donors (Lipinski definition) is 1. The Kier molecular flexibility index (Phi) is 8.44. The lowest BCUT2D eigenvalue weighted by Crippen LogP contribution is -2.41. The number of benzene rings is 2. The van der Waals surface area contributed by atoms with Crippen molar-refractivity contribution < 1.29 is 14.3 Å². The lowest BCUT2D eigenvalue weighted by atomic mass is 9.94. The molecule has 1 amide bonds. The minimum absolute atomic E-state index is 0.0349. The van der Waals surface area contributed by atoms with Gasteiger partial charge in [-0.25, -0.2) is 0 Å². The summed E-state index contributed by atoms with van der Waals surface area (Å²) in [5.74, 6) is -0.417. The zero-order chi connectivity index (χ0) is 28.2. The topological polar surface area (TPSA) is 98.5 Å². The molecule has 2 aromatic carbocycles. The van der Waals surface area contributed by atoms with E-state index in [9.17, 15) is 14.4 Å². The highest BCUT2D eigenvalue weighted by atomic mass is 35.5. The Morgan fingerprint density at radius 2 is 1.80 bits per heavy atom. The number of fused-ring (bicyclic) bond motifs is 1. The number of aryl methyl sites for hydroxylation is 1. The normalized spacial score (nSPS) is 14.0. The van der Waals surface area contributed by atoms with Crippen LogP contribution in [0, 0.1) is 0 Å². The number of nitrogens with one attached hydrogen (secondary N) is 1. The first-order chi connectivity index (χ1) is 19.4. The van der Waals surface area contributed by atoms with Gasteiger partial charge in [-0.3, -0.25) is 28.5 Å². The first-order valence-corrected chi connectivity index (χ1v) is 13.8. The zero-order valence-electron chi connectivity index (χ0n) is 22.7. The third-order valence-electron chi connectivity index (χ3n) is 7.18. The van der Waals surface area contributed by atoms with Gasteiger partial charge in [0.1, 0.15) is 5.69 Å². The number of amides is 1. The summed E-state index contributed by atoms with van der Waals surface area (Å²) in [4.78, 5) is 42.5. The molecule has 0 saturated carbocycles. The molecular weight excluding hydrogens is 530 g/mol. The van der Waals surface area contributed by atoms with E-state index in [0.717, 1.165) is 25.2 Å². The van der Waals surface area contributed by atoms with Crippen molar-refractivity contribution in [1.82, 2.24) is 24.6 Å². The molecule has 10 heteroatoms. The standard InChI is InChI=1S/C30H32ClN5O4/c1-3-26(37)28-27(20-7-5-4-6-8-20)24-17-21(31)9-10-23(24)30(39)36(28)19-22-18-25(34(2)33-22)29(38)32-11-12-35-13-15-40-16-14-35/h4-10,17-18H,3,11-16,19H2,1-2H3,(H,32,38). The third kappa shape index (κ3) is 5.72. The molecule has 2 aromatic heterocycles. The highest BCUT2D eigenvalue weighted by Gasteiger charge is 2.24. The summed E-state index contributed by atoms with van der Waals surface area (Å²) in [7, 11) is 1.69. The zero-order valence-corrected chi connectivity index (χ0v) is 23.4. The third-order valence-corrected chi connectivity index (χ3v) is 7.42. The Morgan fingerprint density at radius 3 is 2.52 bits per heavy atom. The second-order valence-electron chi connectivity index (χ2n) is 9.80. The van der Waals surface area contributed by atoms with Crippen LogP contribution in [0.25, 0.3) is 21.9 Å². The second kappa shape index (κ2) is 12.2. The molecule has 0 unspecified atom stereocenters. The molecule has 0 spiro atoms. The molecule has 3 heterocycles. The van der Waals surface area contributed by atoms with Crippen molar-refractivity contribution in [3.05, 3.63) is 87.1 Å². The minimum Gasteiger partial charge on any atom is -0.379 e. The van der Waals surface area contributed by atoms with Crippen molar-refractivity contribution in [2.24, 2.45) is 7.05 Å². The fraction of sp³-hybridized carbons (Fsp3) is 0.333. The largest absolute Gasteiger partial charge is 0.379 e. The van der Waals surface area contributed by atoms with Crippen LogP contribution >= 0.6 is 11.6 Å². The maximum atomic E-state index is 13.8. The molecule has 1 saturated heterocycles. The number of hydrogen-bond acceptors (Lipinski definition) is 6. The Labute approximate surface area is 237 Å². The van der Waals surface area contributed by atoms with Crippen LogP contribution < -0.4 is 10.9 Å². The molecule has 1 aliphatic rings. The average Bonchev–Trinajstić information content (AvgIpc) is 3.34. The van der Waals surface area contributed by atoms with Gasteiger partial charge in [0.25, 0.3) is 11.5 Å². The monoisotopic (exact) mass is 561 g/mol. The molecular formula is C30H32ClN5O4. The molecule has 1 aliphatic heterocycles. The number of rotatable bonds is 9. The number of nitrogens with zero attached hydrogens (tertiary/aromatic N) is 4. The average molecular weight is 562 g/mol. The SMILES string of the molecule is CCC(=O)c1c(-c2ccccc2)c2cc(Cl)ccc2c(=O)n1Cc1cc(C(=O)NCCN2CCOCC2)n(C)n1. The van der Waals surface area contributed by atoms with Gasteiger partial charge in [0.15, 0.2) is 5.78 Å². The van der Waals surface area contributed by atoms with Crippen molar-refractivity contribution in [2.75, 3.05) is 39.4 Å². The van der Waals surface area contributed by atoms with Crippen molar-refractivity contribution in [3.8, 4) is 11.1 Å². The van der Waals surface area contributed by atoms with Gasteiger partial charge in [0.2, 0.25) is 0 Å². The number of ether oxygens (including phenoxy) is 1.